The summed E-state index contributed by atoms with van der Waals surface area (Å²) in [6.07, 6.45) is -1.72. The zero-order valence-corrected chi connectivity index (χ0v) is 12.7. The van der Waals surface area contributed by atoms with E-state index in [-0.39, 0.29) is 17.1 Å². The zero-order valence-electron chi connectivity index (χ0n) is 11.8. The predicted octanol–water partition coefficient (Wildman–Crippen LogP) is 5.06. The number of aromatic nitrogens is 1. The van der Waals surface area contributed by atoms with Gasteiger partial charge in [-0.15, -0.1) is 24.5 Å². The number of halogens is 3. The lowest BCUT2D eigenvalue weighted by atomic mass is 10.0. The van der Waals surface area contributed by atoms with Crippen molar-refractivity contribution in [2.75, 3.05) is 0 Å². The number of ketones is 1. The summed E-state index contributed by atoms with van der Waals surface area (Å²) in [4.78, 5) is 16.1. The normalized spacial score (nSPS) is 11.7. The van der Waals surface area contributed by atoms with Crippen molar-refractivity contribution in [3.05, 3.63) is 47.6 Å². The van der Waals surface area contributed by atoms with E-state index in [1.54, 1.807) is 18.3 Å². The lowest BCUT2D eigenvalue weighted by Crippen LogP contribution is -2.17. The first-order valence-corrected chi connectivity index (χ1v) is 7.40. The molecule has 0 N–H and O–H groups in total. The molecular weight excluding hydrogens is 327 g/mol. The summed E-state index contributed by atoms with van der Waals surface area (Å²) in [5.41, 5.74) is 0.766. The lowest BCUT2D eigenvalue weighted by molar-refractivity contribution is -0.274. The Hall–Kier alpha value is -2.41. The monoisotopic (exact) mass is 337 g/mol. The van der Waals surface area contributed by atoms with E-state index in [9.17, 15) is 18.0 Å². The molecule has 23 heavy (non-hydrogen) atoms. The van der Waals surface area contributed by atoms with Crippen molar-refractivity contribution in [2.24, 2.45) is 0 Å². The van der Waals surface area contributed by atoms with Gasteiger partial charge in [-0.25, -0.2) is 0 Å². The molecular formula is C16H10F3NO2S. The molecule has 0 amide bonds. The van der Waals surface area contributed by atoms with Crippen molar-refractivity contribution in [1.29, 1.82) is 0 Å². The molecule has 2 heterocycles. The Labute approximate surface area is 133 Å². The molecule has 7 heteroatoms. The van der Waals surface area contributed by atoms with Crippen LogP contribution in [-0.4, -0.2) is 17.1 Å². The van der Waals surface area contributed by atoms with Gasteiger partial charge in [0, 0.05) is 28.9 Å². The molecule has 3 rings (SSSR count). The molecule has 0 aliphatic rings. The Kier molecular flexibility index (Phi) is 3.81. The zero-order chi connectivity index (χ0) is 16.6. The Morgan fingerprint density at radius 3 is 2.61 bits per heavy atom. The van der Waals surface area contributed by atoms with Crippen LogP contribution in [0.15, 0.2) is 42.7 Å². The number of thiophene rings is 1. The number of rotatable bonds is 3. The van der Waals surface area contributed by atoms with E-state index in [2.05, 4.69) is 9.72 Å². The van der Waals surface area contributed by atoms with Crippen LogP contribution >= 0.6 is 11.3 Å². The minimum absolute atomic E-state index is 0.100. The molecule has 1 aromatic carbocycles. The second-order valence-electron chi connectivity index (χ2n) is 4.81. The number of nitrogens with zero attached hydrogens (tertiary/aromatic N) is 1. The summed E-state index contributed by atoms with van der Waals surface area (Å²) in [6.45, 7) is 1.44. The molecule has 0 spiro atoms. The van der Waals surface area contributed by atoms with E-state index in [4.69, 9.17) is 0 Å². The molecule has 3 nitrogen and oxygen atoms in total. The first kappa shape index (κ1) is 15.5. The fourth-order valence-electron chi connectivity index (χ4n) is 2.25. The van der Waals surface area contributed by atoms with Crippen LogP contribution in [0.3, 0.4) is 0 Å². The van der Waals surface area contributed by atoms with Crippen molar-refractivity contribution in [2.45, 2.75) is 13.3 Å². The van der Waals surface area contributed by atoms with Gasteiger partial charge in [0.25, 0.3) is 0 Å². The Bertz CT molecular complexity index is 886. The van der Waals surface area contributed by atoms with Gasteiger partial charge in [0.2, 0.25) is 0 Å². The van der Waals surface area contributed by atoms with Gasteiger partial charge in [-0.3, -0.25) is 9.78 Å². The Morgan fingerprint density at radius 1 is 1.17 bits per heavy atom. The average Bonchev–Trinajstić information content (AvgIpc) is 2.90. The van der Waals surface area contributed by atoms with Gasteiger partial charge < -0.3 is 4.74 Å². The maximum Gasteiger partial charge on any atom is 0.573 e. The quantitative estimate of drug-likeness (QED) is 0.627. The maximum absolute atomic E-state index is 12.6. The van der Waals surface area contributed by atoms with Crippen LogP contribution in [-0.2, 0) is 0 Å². The highest BCUT2D eigenvalue weighted by molar-refractivity contribution is 7.20. The third kappa shape index (κ3) is 3.19. The van der Waals surface area contributed by atoms with Gasteiger partial charge in [-0.2, -0.15) is 0 Å². The van der Waals surface area contributed by atoms with Crippen LogP contribution < -0.4 is 4.74 Å². The molecule has 0 atom stereocenters. The van der Waals surface area contributed by atoms with Gasteiger partial charge in [0.15, 0.2) is 5.78 Å². The summed E-state index contributed by atoms with van der Waals surface area (Å²) >= 11 is 1.26. The van der Waals surface area contributed by atoms with E-state index < -0.39 is 6.36 Å². The smallest absolute Gasteiger partial charge is 0.405 e. The van der Waals surface area contributed by atoms with E-state index in [1.807, 2.05) is 0 Å². The van der Waals surface area contributed by atoms with E-state index in [1.165, 1.54) is 42.7 Å². The van der Waals surface area contributed by atoms with Crippen LogP contribution in [0.25, 0.3) is 21.2 Å². The summed E-state index contributed by atoms with van der Waals surface area (Å²) in [5, 5.41) is 0.674. The number of Topliss-reactive ketones (excluding diaryl/α,β-unsaturated/α-hetero) is 1. The molecule has 0 fully saturated rings. The standard InChI is InChI=1S/C16H10F3NO2S/c1-9(21)14-6-11-12(7-20-8-15(11)23-14)10-4-2-3-5-13(10)22-16(17,18)19/h2-8H,1H3. The largest absolute Gasteiger partial charge is 0.573 e. The molecule has 0 radical (unpaired) electrons. The molecule has 0 unspecified atom stereocenters. The molecule has 0 saturated carbocycles. The first-order valence-electron chi connectivity index (χ1n) is 6.59. The molecule has 0 aliphatic heterocycles. The van der Waals surface area contributed by atoms with Gasteiger partial charge in [-0.1, -0.05) is 18.2 Å². The van der Waals surface area contributed by atoms with E-state index >= 15 is 0 Å². The van der Waals surface area contributed by atoms with Gasteiger partial charge >= 0.3 is 6.36 Å². The summed E-state index contributed by atoms with van der Waals surface area (Å²) in [6, 6.07) is 7.54. The Balaban J connectivity index is 2.19. The number of ether oxygens (including phenoxy) is 1. The van der Waals surface area contributed by atoms with E-state index in [0.717, 1.165) is 4.70 Å². The third-order valence-electron chi connectivity index (χ3n) is 3.20. The highest BCUT2D eigenvalue weighted by Gasteiger charge is 2.32. The van der Waals surface area contributed by atoms with Gasteiger partial charge in [-0.05, 0) is 19.1 Å². The highest BCUT2D eigenvalue weighted by Crippen LogP contribution is 2.39. The fourth-order valence-corrected chi connectivity index (χ4v) is 3.20. The van der Waals surface area contributed by atoms with Crippen molar-refractivity contribution in [3.8, 4) is 16.9 Å². The van der Waals surface area contributed by atoms with Gasteiger partial charge in [0.1, 0.15) is 5.75 Å². The Morgan fingerprint density at radius 2 is 1.91 bits per heavy atom. The number of benzene rings is 1. The van der Waals surface area contributed by atoms with E-state index in [0.29, 0.717) is 15.8 Å². The van der Waals surface area contributed by atoms with Crippen molar-refractivity contribution < 1.29 is 22.7 Å². The van der Waals surface area contributed by atoms with Crippen LogP contribution in [0.5, 0.6) is 5.75 Å². The van der Waals surface area contributed by atoms with Crippen molar-refractivity contribution in [1.82, 2.24) is 4.98 Å². The minimum atomic E-state index is -4.78. The second kappa shape index (κ2) is 5.66. The number of pyridine rings is 1. The molecule has 0 aliphatic carbocycles. The number of fused-ring (bicyclic) bond motifs is 1. The molecule has 0 saturated heterocycles. The second-order valence-corrected chi connectivity index (χ2v) is 5.89. The molecule has 3 aromatic rings. The minimum Gasteiger partial charge on any atom is -0.405 e. The topological polar surface area (TPSA) is 39.2 Å². The number of carbonyl (C=O) groups is 1. The van der Waals surface area contributed by atoms with Crippen LogP contribution in [0, 0.1) is 0 Å². The third-order valence-corrected chi connectivity index (χ3v) is 4.37. The summed E-state index contributed by atoms with van der Waals surface area (Å²) in [7, 11) is 0. The number of para-hydroxylation sites is 1. The van der Waals surface area contributed by atoms with Crippen molar-refractivity contribution >= 4 is 27.2 Å². The summed E-state index contributed by atoms with van der Waals surface area (Å²) in [5.74, 6) is -0.401. The molecule has 0 bridgehead atoms. The van der Waals surface area contributed by atoms with Gasteiger partial charge in [0.05, 0.1) is 9.58 Å². The predicted molar refractivity (Wildman–Crippen MR) is 81.7 cm³/mol. The molecule has 2 aromatic heterocycles. The first-order chi connectivity index (χ1) is 10.8. The number of alkyl halides is 3. The SMILES string of the molecule is CC(=O)c1cc2c(-c3ccccc3OC(F)(F)F)cncc2s1. The van der Waals surface area contributed by atoms with Crippen LogP contribution in [0.4, 0.5) is 13.2 Å². The average molecular weight is 337 g/mol. The number of hydrogen-bond acceptors (Lipinski definition) is 4. The van der Waals surface area contributed by atoms with Crippen LogP contribution in [0.2, 0.25) is 0 Å². The molecule has 118 valence electrons. The summed E-state index contributed by atoms with van der Waals surface area (Å²) < 4.78 is 42.6. The number of hydrogen-bond donors (Lipinski definition) is 0. The van der Waals surface area contributed by atoms with Crippen molar-refractivity contribution in [3.63, 3.8) is 0 Å². The number of carbonyl (C=O) groups excluding carboxylic acids is 1. The fraction of sp³-hybridized carbons (Fsp3) is 0.125. The highest BCUT2D eigenvalue weighted by atomic mass is 32.1. The lowest BCUT2D eigenvalue weighted by Gasteiger charge is -2.13. The maximum atomic E-state index is 12.6. The van der Waals surface area contributed by atoms with Crippen LogP contribution in [0.1, 0.15) is 16.6 Å².